The number of benzene rings is 1. The zero-order valence-corrected chi connectivity index (χ0v) is 13.3. The van der Waals surface area contributed by atoms with Crippen molar-refractivity contribution >= 4 is 23.4 Å². The van der Waals surface area contributed by atoms with Gasteiger partial charge in [0.15, 0.2) is 5.78 Å². The van der Waals surface area contributed by atoms with Gasteiger partial charge >= 0.3 is 0 Å². The maximum atomic E-state index is 12.4. The molecular weight excluding hydrogens is 290 g/mol. The largest absolute Gasteiger partial charge is 0.496 e. The zero-order chi connectivity index (χ0) is 16.7. The number of carbonyl (C=O) groups excluding carboxylic acids is 2. The van der Waals surface area contributed by atoms with Crippen LogP contribution in [0, 0.1) is 0 Å². The van der Waals surface area contributed by atoms with E-state index in [0.717, 1.165) is 5.56 Å². The SMILES string of the molecule is CCN=C1CC=CC=C(C(=O)/C=C/c2ccccc2OC)C1=O. The Hall–Kier alpha value is -2.75. The van der Waals surface area contributed by atoms with Gasteiger partial charge in [0.25, 0.3) is 0 Å². The van der Waals surface area contributed by atoms with E-state index in [9.17, 15) is 9.59 Å². The van der Waals surface area contributed by atoms with Gasteiger partial charge in [-0.2, -0.15) is 0 Å². The highest BCUT2D eigenvalue weighted by atomic mass is 16.5. The number of aliphatic imine (C=N–C) groups is 1. The Labute approximate surface area is 135 Å². The molecule has 0 heterocycles. The predicted octanol–water partition coefficient (Wildman–Crippen LogP) is 3.19. The number of rotatable bonds is 5. The van der Waals surface area contributed by atoms with Crippen LogP contribution < -0.4 is 4.74 Å². The topological polar surface area (TPSA) is 55.7 Å². The molecule has 1 aromatic rings. The van der Waals surface area contributed by atoms with Crippen molar-refractivity contribution in [1.82, 2.24) is 0 Å². The monoisotopic (exact) mass is 309 g/mol. The Morgan fingerprint density at radius 1 is 1.35 bits per heavy atom. The van der Waals surface area contributed by atoms with Crippen LogP contribution in [-0.4, -0.2) is 30.9 Å². The quantitative estimate of drug-likeness (QED) is 0.620. The number of para-hydroxylation sites is 1. The van der Waals surface area contributed by atoms with Gasteiger partial charge < -0.3 is 4.74 Å². The first-order chi connectivity index (χ1) is 11.2. The minimum Gasteiger partial charge on any atom is -0.496 e. The van der Waals surface area contributed by atoms with Gasteiger partial charge in [0.2, 0.25) is 5.78 Å². The van der Waals surface area contributed by atoms with Gasteiger partial charge in [0.05, 0.1) is 18.4 Å². The van der Waals surface area contributed by atoms with Crippen molar-refractivity contribution in [3.63, 3.8) is 0 Å². The number of Topliss-reactive ketones (excluding diaryl/α,β-unsaturated/α-hetero) is 1. The number of allylic oxidation sites excluding steroid dienone is 5. The van der Waals surface area contributed by atoms with Gasteiger partial charge in [-0.15, -0.1) is 0 Å². The maximum Gasteiger partial charge on any atom is 0.210 e. The molecule has 0 amide bonds. The van der Waals surface area contributed by atoms with Crippen LogP contribution in [0.3, 0.4) is 0 Å². The molecule has 0 aliphatic heterocycles. The molecule has 0 radical (unpaired) electrons. The Kier molecular flexibility index (Phi) is 5.80. The molecule has 4 heteroatoms. The van der Waals surface area contributed by atoms with Crippen LogP contribution in [0.4, 0.5) is 0 Å². The van der Waals surface area contributed by atoms with E-state index in [1.165, 1.54) is 6.08 Å². The van der Waals surface area contributed by atoms with Gasteiger partial charge in [0.1, 0.15) is 5.75 Å². The standard InChI is InChI=1S/C19H19NO3/c1-3-20-16-10-6-5-9-15(19(16)22)17(21)13-12-14-8-4-7-11-18(14)23-2/h4-9,11-13H,3,10H2,1-2H3/b13-12+,20-16?. The zero-order valence-electron chi connectivity index (χ0n) is 13.3. The summed E-state index contributed by atoms with van der Waals surface area (Å²) in [5.74, 6) is 0.0358. The van der Waals surface area contributed by atoms with Crippen molar-refractivity contribution in [3.05, 3.63) is 59.7 Å². The number of nitrogens with zero attached hydrogens (tertiary/aromatic N) is 1. The second kappa shape index (κ2) is 8.03. The van der Waals surface area contributed by atoms with E-state index in [0.29, 0.717) is 24.4 Å². The van der Waals surface area contributed by atoms with Crippen LogP contribution in [0.1, 0.15) is 18.9 Å². The molecule has 1 aromatic carbocycles. The van der Waals surface area contributed by atoms with Crippen molar-refractivity contribution in [2.24, 2.45) is 4.99 Å². The lowest BCUT2D eigenvalue weighted by atomic mass is 10.0. The fraction of sp³-hybridized carbons (Fsp3) is 0.211. The summed E-state index contributed by atoms with van der Waals surface area (Å²) in [6.45, 7) is 2.38. The molecule has 0 saturated carbocycles. The van der Waals surface area contributed by atoms with E-state index >= 15 is 0 Å². The number of hydrogen-bond acceptors (Lipinski definition) is 4. The third-order valence-electron chi connectivity index (χ3n) is 3.38. The van der Waals surface area contributed by atoms with Crippen LogP contribution in [-0.2, 0) is 9.59 Å². The highest BCUT2D eigenvalue weighted by Gasteiger charge is 2.21. The molecule has 23 heavy (non-hydrogen) atoms. The molecule has 2 rings (SSSR count). The average molecular weight is 309 g/mol. The lowest BCUT2D eigenvalue weighted by Crippen LogP contribution is -2.20. The summed E-state index contributed by atoms with van der Waals surface area (Å²) in [7, 11) is 1.57. The minimum atomic E-state index is -0.337. The van der Waals surface area contributed by atoms with Crippen molar-refractivity contribution < 1.29 is 14.3 Å². The lowest BCUT2D eigenvalue weighted by Gasteiger charge is -2.04. The molecule has 0 unspecified atom stereocenters. The Bertz CT molecular complexity index is 724. The first kappa shape index (κ1) is 16.6. The van der Waals surface area contributed by atoms with E-state index < -0.39 is 0 Å². The highest BCUT2D eigenvalue weighted by molar-refractivity contribution is 6.53. The summed E-state index contributed by atoms with van der Waals surface area (Å²) in [4.78, 5) is 29.0. The Morgan fingerprint density at radius 3 is 2.87 bits per heavy atom. The van der Waals surface area contributed by atoms with Crippen LogP contribution in [0.5, 0.6) is 5.75 Å². The van der Waals surface area contributed by atoms with Gasteiger partial charge in [0, 0.05) is 18.5 Å². The van der Waals surface area contributed by atoms with E-state index in [4.69, 9.17) is 4.74 Å². The predicted molar refractivity (Wildman–Crippen MR) is 91.9 cm³/mol. The number of ether oxygens (including phenoxy) is 1. The highest BCUT2D eigenvalue weighted by Crippen LogP contribution is 2.19. The van der Waals surface area contributed by atoms with Crippen LogP contribution >= 0.6 is 0 Å². The minimum absolute atomic E-state index is 0.136. The fourth-order valence-corrected chi connectivity index (χ4v) is 2.25. The molecule has 0 saturated heterocycles. The average Bonchev–Trinajstić information content (AvgIpc) is 2.75. The number of carbonyl (C=O) groups is 2. The van der Waals surface area contributed by atoms with Crippen molar-refractivity contribution in [2.75, 3.05) is 13.7 Å². The molecule has 1 aliphatic rings. The Balaban J connectivity index is 2.24. The summed E-state index contributed by atoms with van der Waals surface area (Å²) in [6, 6.07) is 7.37. The molecular formula is C19H19NO3. The maximum absolute atomic E-state index is 12.4. The van der Waals surface area contributed by atoms with E-state index in [2.05, 4.69) is 4.99 Å². The van der Waals surface area contributed by atoms with Gasteiger partial charge in [-0.25, -0.2) is 0 Å². The smallest absolute Gasteiger partial charge is 0.210 e. The second-order valence-electron chi connectivity index (χ2n) is 4.90. The molecule has 1 aliphatic carbocycles. The summed E-state index contributed by atoms with van der Waals surface area (Å²) >= 11 is 0. The van der Waals surface area contributed by atoms with Crippen LogP contribution in [0.25, 0.3) is 6.08 Å². The first-order valence-electron chi connectivity index (χ1n) is 7.47. The molecule has 0 spiro atoms. The molecule has 118 valence electrons. The van der Waals surface area contributed by atoms with Gasteiger partial charge in [-0.3, -0.25) is 14.6 Å². The van der Waals surface area contributed by atoms with Gasteiger partial charge in [-0.1, -0.05) is 30.4 Å². The number of methoxy groups -OCH3 is 1. The second-order valence-corrected chi connectivity index (χ2v) is 4.90. The molecule has 0 aromatic heterocycles. The molecule has 4 nitrogen and oxygen atoms in total. The molecule has 0 atom stereocenters. The first-order valence-corrected chi connectivity index (χ1v) is 7.47. The summed E-state index contributed by atoms with van der Waals surface area (Å²) in [5.41, 5.74) is 1.34. The van der Waals surface area contributed by atoms with Crippen molar-refractivity contribution in [1.29, 1.82) is 0 Å². The Morgan fingerprint density at radius 2 is 2.13 bits per heavy atom. The van der Waals surface area contributed by atoms with Crippen LogP contribution in [0.2, 0.25) is 0 Å². The number of hydrogen-bond donors (Lipinski definition) is 0. The summed E-state index contributed by atoms with van der Waals surface area (Å²) in [6.07, 6.45) is 8.60. The normalized spacial score (nSPS) is 16.5. The molecule has 0 fully saturated rings. The molecule has 0 N–H and O–H groups in total. The third-order valence-corrected chi connectivity index (χ3v) is 3.38. The van der Waals surface area contributed by atoms with Crippen LogP contribution in [0.15, 0.2) is 59.1 Å². The van der Waals surface area contributed by atoms with Crippen molar-refractivity contribution in [3.8, 4) is 5.75 Å². The van der Waals surface area contributed by atoms with E-state index in [-0.39, 0.29) is 17.1 Å². The lowest BCUT2D eigenvalue weighted by molar-refractivity contribution is -0.116. The van der Waals surface area contributed by atoms with Crippen molar-refractivity contribution in [2.45, 2.75) is 13.3 Å². The summed E-state index contributed by atoms with van der Waals surface area (Å²) in [5, 5.41) is 0. The van der Waals surface area contributed by atoms with E-state index in [1.54, 1.807) is 25.3 Å². The fourth-order valence-electron chi connectivity index (χ4n) is 2.25. The third kappa shape index (κ3) is 4.13. The van der Waals surface area contributed by atoms with E-state index in [1.807, 2.05) is 37.3 Å². The number of ketones is 2. The molecule has 0 bridgehead atoms. The van der Waals surface area contributed by atoms with Gasteiger partial charge in [-0.05, 0) is 31.2 Å². The summed E-state index contributed by atoms with van der Waals surface area (Å²) < 4.78 is 5.24.